The van der Waals surface area contributed by atoms with Crippen LogP contribution < -0.4 is 4.90 Å². The normalized spacial score (nSPS) is 17.7. The van der Waals surface area contributed by atoms with Gasteiger partial charge in [0.1, 0.15) is 11.6 Å². The number of furan rings is 1. The molecule has 0 bridgehead atoms. The summed E-state index contributed by atoms with van der Waals surface area (Å²) in [5, 5.41) is 0.770. The average molecular weight is 430 g/mol. The number of likely N-dealkylation sites (N-methyl/N-ethyl adjacent to an activating group) is 1. The second-order valence-corrected chi connectivity index (χ2v) is 8.77. The maximum atomic E-state index is 12.5. The number of carbonyl (C=O) groups is 1. The molecule has 0 N–H and O–H groups in total. The molecule has 0 aromatic carbocycles. The number of carbonyl (C=O) groups excluding carboxylic acids is 1. The Kier molecular flexibility index (Phi) is 6.94. The maximum Gasteiger partial charge on any atom is 0.289 e. The Labute approximate surface area is 182 Å². The molecule has 2 aromatic heterocycles. The fourth-order valence-electron chi connectivity index (χ4n) is 3.94. The van der Waals surface area contributed by atoms with Crippen molar-refractivity contribution in [3.63, 3.8) is 0 Å². The fraction of sp³-hybridized carbons (Fsp3) is 0.591. The number of rotatable bonds is 7. The van der Waals surface area contributed by atoms with E-state index in [2.05, 4.69) is 29.7 Å². The van der Waals surface area contributed by atoms with Gasteiger partial charge in [0.2, 0.25) is 0 Å². The van der Waals surface area contributed by atoms with E-state index in [4.69, 9.17) is 14.4 Å². The van der Waals surface area contributed by atoms with Gasteiger partial charge in [0.25, 0.3) is 5.91 Å². The number of anilines is 1. The highest BCUT2D eigenvalue weighted by Gasteiger charge is 2.22. The highest BCUT2D eigenvalue weighted by molar-refractivity contribution is 7.98. The molecule has 0 unspecified atom stereocenters. The van der Waals surface area contributed by atoms with Gasteiger partial charge in [0.05, 0.1) is 5.75 Å². The molecule has 0 aliphatic carbocycles. The van der Waals surface area contributed by atoms with E-state index in [0.717, 1.165) is 87.5 Å². The predicted octanol–water partition coefficient (Wildman–Crippen LogP) is 3.30. The summed E-state index contributed by atoms with van der Waals surface area (Å²) in [7, 11) is 0. The first kappa shape index (κ1) is 21.2. The number of aryl methyl sites for hydroxylation is 1. The summed E-state index contributed by atoms with van der Waals surface area (Å²) < 4.78 is 5.82. The van der Waals surface area contributed by atoms with Crippen molar-refractivity contribution >= 4 is 23.5 Å². The van der Waals surface area contributed by atoms with E-state index in [-0.39, 0.29) is 5.91 Å². The van der Waals surface area contributed by atoms with Gasteiger partial charge < -0.3 is 19.1 Å². The Morgan fingerprint density at radius 2 is 1.83 bits per heavy atom. The average Bonchev–Trinajstić information content (AvgIpc) is 3.49. The number of hydrogen-bond acceptors (Lipinski definition) is 7. The summed E-state index contributed by atoms with van der Waals surface area (Å²) in [6, 6.07) is 5.80. The van der Waals surface area contributed by atoms with E-state index in [1.807, 2.05) is 11.0 Å². The lowest BCUT2D eigenvalue weighted by atomic mass is 10.2. The summed E-state index contributed by atoms with van der Waals surface area (Å²) in [6.45, 7) is 11.2. The first-order chi connectivity index (χ1) is 14.7. The van der Waals surface area contributed by atoms with Crippen LogP contribution in [-0.4, -0.2) is 71.5 Å². The largest absolute Gasteiger partial charge is 0.455 e. The fourth-order valence-corrected chi connectivity index (χ4v) is 4.71. The SMILES string of the molecule is CCc1cc(N2CCN(CC)CC2)nc(SCc2ccc(C(=O)N3CCCC3)o2)n1. The molecule has 7 nitrogen and oxygen atoms in total. The summed E-state index contributed by atoms with van der Waals surface area (Å²) >= 11 is 1.57. The molecule has 162 valence electrons. The van der Waals surface area contributed by atoms with E-state index in [0.29, 0.717) is 11.5 Å². The van der Waals surface area contributed by atoms with Crippen LogP contribution in [0.1, 0.15) is 48.7 Å². The lowest BCUT2D eigenvalue weighted by molar-refractivity contribution is 0.0760. The van der Waals surface area contributed by atoms with Crippen LogP contribution in [0.5, 0.6) is 0 Å². The van der Waals surface area contributed by atoms with Crippen LogP contribution in [-0.2, 0) is 12.2 Å². The standard InChI is InChI=1S/C22H31N5O2S/c1-3-17-15-20(26-13-11-25(4-2)12-14-26)24-22(23-17)30-16-18-7-8-19(29-18)21(28)27-9-5-6-10-27/h7-8,15H,3-6,9-14,16H2,1-2H3. The lowest BCUT2D eigenvalue weighted by Gasteiger charge is -2.34. The summed E-state index contributed by atoms with van der Waals surface area (Å²) in [6.07, 6.45) is 3.04. The Bertz CT molecular complexity index is 857. The Hall–Kier alpha value is -2.06. The Morgan fingerprint density at radius 1 is 1.07 bits per heavy atom. The zero-order chi connectivity index (χ0) is 20.9. The van der Waals surface area contributed by atoms with Gasteiger partial charge in [-0.25, -0.2) is 9.97 Å². The van der Waals surface area contributed by atoms with Crippen LogP contribution in [0.2, 0.25) is 0 Å². The smallest absolute Gasteiger partial charge is 0.289 e. The molecule has 2 fully saturated rings. The van der Waals surface area contributed by atoms with Gasteiger partial charge in [0.15, 0.2) is 10.9 Å². The van der Waals surface area contributed by atoms with Crippen LogP contribution in [0.4, 0.5) is 5.82 Å². The van der Waals surface area contributed by atoms with E-state index < -0.39 is 0 Å². The van der Waals surface area contributed by atoms with Crippen molar-refractivity contribution in [1.29, 1.82) is 0 Å². The quantitative estimate of drug-likeness (QED) is 0.494. The summed E-state index contributed by atoms with van der Waals surface area (Å²) in [5.41, 5.74) is 1.06. The van der Waals surface area contributed by atoms with Crippen LogP contribution in [0.15, 0.2) is 27.8 Å². The first-order valence-electron chi connectivity index (χ1n) is 11.0. The van der Waals surface area contributed by atoms with E-state index in [1.165, 1.54) is 0 Å². The van der Waals surface area contributed by atoms with E-state index in [1.54, 1.807) is 17.8 Å². The van der Waals surface area contributed by atoms with Gasteiger partial charge in [-0.3, -0.25) is 4.79 Å². The third kappa shape index (κ3) is 4.98. The number of piperazine rings is 1. The topological polar surface area (TPSA) is 65.7 Å². The minimum absolute atomic E-state index is 0.00138. The van der Waals surface area contributed by atoms with Gasteiger partial charge in [0, 0.05) is 51.0 Å². The molecular weight excluding hydrogens is 398 g/mol. The molecule has 2 aromatic rings. The number of aromatic nitrogens is 2. The van der Waals surface area contributed by atoms with Gasteiger partial charge in [-0.2, -0.15) is 0 Å². The van der Waals surface area contributed by atoms with Crippen molar-refractivity contribution in [2.24, 2.45) is 0 Å². The predicted molar refractivity (Wildman–Crippen MR) is 119 cm³/mol. The molecule has 2 saturated heterocycles. The zero-order valence-electron chi connectivity index (χ0n) is 18.0. The molecule has 0 saturated carbocycles. The molecule has 2 aliphatic heterocycles. The minimum Gasteiger partial charge on any atom is -0.455 e. The molecule has 4 heterocycles. The number of thioether (sulfide) groups is 1. The highest BCUT2D eigenvalue weighted by Crippen LogP contribution is 2.25. The molecule has 0 atom stereocenters. The molecular formula is C22H31N5O2S. The summed E-state index contributed by atoms with van der Waals surface area (Å²) in [5.74, 6) is 2.85. The van der Waals surface area contributed by atoms with Gasteiger partial charge in [-0.15, -0.1) is 0 Å². The van der Waals surface area contributed by atoms with Crippen molar-refractivity contribution in [2.75, 3.05) is 50.7 Å². The van der Waals surface area contributed by atoms with Crippen LogP contribution >= 0.6 is 11.8 Å². The number of hydrogen-bond donors (Lipinski definition) is 0. The van der Waals surface area contributed by atoms with Crippen molar-refractivity contribution in [3.05, 3.63) is 35.4 Å². The number of amides is 1. The number of nitrogens with zero attached hydrogens (tertiary/aromatic N) is 5. The molecule has 1 amide bonds. The van der Waals surface area contributed by atoms with Crippen LogP contribution in [0, 0.1) is 0 Å². The molecule has 30 heavy (non-hydrogen) atoms. The first-order valence-corrected chi connectivity index (χ1v) is 12.0. The van der Waals surface area contributed by atoms with Crippen LogP contribution in [0.25, 0.3) is 0 Å². The van der Waals surface area contributed by atoms with Crippen molar-refractivity contribution in [3.8, 4) is 0 Å². The number of likely N-dealkylation sites (tertiary alicyclic amines) is 1. The second kappa shape index (κ2) is 9.83. The van der Waals surface area contributed by atoms with Crippen molar-refractivity contribution in [2.45, 2.75) is 44.0 Å². The molecule has 4 rings (SSSR count). The third-order valence-electron chi connectivity index (χ3n) is 5.86. The van der Waals surface area contributed by atoms with E-state index in [9.17, 15) is 4.79 Å². The van der Waals surface area contributed by atoms with Crippen molar-refractivity contribution in [1.82, 2.24) is 19.8 Å². The van der Waals surface area contributed by atoms with Gasteiger partial charge in [-0.1, -0.05) is 25.6 Å². The minimum atomic E-state index is 0.00138. The van der Waals surface area contributed by atoms with Gasteiger partial charge >= 0.3 is 0 Å². The highest BCUT2D eigenvalue weighted by atomic mass is 32.2. The summed E-state index contributed by atoms with van der Waals surface area (Å²) in [4.78, 5) is 28.7. The monoisotopic (exact) mass is 429 g/mol. The second-order valence-electron chi connectivity index (χ2n) is 7.83. The maximum absolute atomic E-state index is 12.5. The Balaban J connectivity index is 1.40. The molecule has 2 aliphatic rings. The molecule has 0 spiro atoms. The van der Waals surface area contributed by atoms with Crippen LogP contribution in [0.3, 0.4) is 0 Å². The van der Waals surface area contributed by atoms with E-state index >= 15 is 0 Å². The third-order valence-corrected chi connectivity index (χ3v) is 6.73. The van der Waals surface area contributed by atoms with Gasteiger partial charge in [-0.05, 0) is 37.9 Å². The van der Waals surface area contributed by atoms with Crippen molar-refractivity contribution < 1.29 is 9.21 Å². The molecule has 8 heteroatoms. The molecule has 0 radical (unpaired) electrons. The lowest BCUT2D eigenvalue weighted by Crippen LogP contribution is -2.46. The zero-order valence-corrected chi connectivity index (χ0v) is 18.8. The Morgan fingerprint density at radius 3 is 2.53 bits per heavy atom.